The van der Waals surface area contributed by atoms with Crippen LogP contribution in [0.3, 0.4) is 0 Å². The van der Waals surface area contributed by atoms with Crippen molar-refractivity contribution in [1.29, 1.82) is 0 Å². The van der Waals surface area contributed by atoms with E-state index >= 15 is 0 Å². The van der Waals surface area contributed by atoms with E-state index < -0.39 is 17.6 Å². The van der Waals surface area contributed by atoms with Gasteiger partial charge in [-0.05, 0) is 25.3 Å². The average Bonchev–Trinajstić information content (AvgIpc) is 2.60. The molecule has 0 aromatic heterocycles. The molecular formula is C18H24N2O5. The molecule has 1 aromatic rings. The van der Waals surface area contributed by atoms with Crippen LogP contribution in [-0.4, -0.2) is 54.4 Å². The maximum absolute atomic E-state index is 12.6. The number of fused-ring (bicyclic) bond motifs is 2. The number of piperidine rings is 1. The third kappa shape index (κ3) is 3.77. The second kappa shape index (κ2) is 7.41. The number of nitrogens with two attached hydrogens (primary N) is 1. The lowest BCUT2D eigenvalue weighted by Gasteiger charge is -2.50. The minimum Gasteiger partial charge on any atom is -0.465 e. The first-order chi connectivity index (χ1) is 12.0. The van der Waals surface area contributed by atoms with Crippen LogP contribution >= 0.6 is 0 Å². The van der Waals surface area contributed by atoms with Crippen LogP contribution in [0.4, 0.5) is 4.79 Å². The van der Waals surface area contributed by atoms with E-state index in [0.717, 1.165) is 5.56 Å². The van der Waals surface area contributed by atoms with Gasteiger partial charge in [-0.2, -0.15) is 0 Å². The molecule has 3 rings (SSSR count). The molecule has 2 aliphatic rings. The fourth-order valence-corrected chi connectivity index (χ4v) is 3.57. The monoisotopic (exact) mass is 348 g/mol. The van der Waals surface area contributed by atoms with Crippen molar-refractivity contribution in [2.75, 3.05) is 19.8 Å². The molecule has 0 saturated carbocycles. The van der Waals surface area contributed by atoms with Gasteiger partial charge in [0, 0.05) is 0 Å². The third-order valence-corrected chi connectivity index (χ3v) is 4.70. The molecule has 2 aliphatic heterocycles. The summed E-state index contributed by atoms with van der Waals surface area (Å²) >= 11 is 0. The number of benzene rings is 1. The third-order valence-electron chi connectivity index (χ3n) is 4.70. The quantitative estimate of drug-likeness (QED) is 0.828. The van der Waals surface area contributed by atoms with E-state index in [1.807, 2.05) is 30.3 Å². The highest BCUT2D eigenvalue weighted by molar-refractivity contribution is 5.81. The molecule has 7 nitrogen and oxygen atoms in total. The lowest BCUT2D eigenvalue weighted by atomic mass is 9.79. The van der Waals surface area contributed by atoms with Crippen LogP contribution in [0.25, 0.3) is 0 Å². The Kier molecular flexibility index (Phi) is 5.24. The lowest BCUT2D eigenvalue weighted by Crippen LogP contribution is -2.68. The Morgan fingerprint density at radius 1 is 1.20 bits per heavy atom. The van der Waals surface area contributed by atoms with Gasteiger partial charge in [0.1, 0.15) is 12.1 Å². The van der Waals surface area contributed by atoms with Crippen LogP contribution in [0.1, 0.15) is 25.3 Å². The number of hydrogen-bond acceptors (Lipinski definition) is 6. The first-order valence-electron chi connectivity index (χ1n) is 8.56. The Morgan fingerprint density at radius 3 is 2.44 bits per heavy atom. The molecule has 0 spiro atoms. The zero-order valence-corrected chi connectivity index (χ0v) is 14.3. The number of rotatable bonds is 4. The van der Waals surface area contributed by atoms with Crippen LogP contribution in [0, 0.1) is 0 Å². The highest BCUT2D eigenvalue weighted by Crippen LogP contribution is 2.34. The highest BCUT2D eigenvalue weighted by Gasteiger charge is 2.51. The Bertz CT molecular complexity index is 607. The molecule has 2 unspecified atom stereocenters. The summed E-state index contributed by atoms with van der Waals surface area (Å²) in [6.45, 7) is 2.93. The van der Waals surface area contributed by atoms with Gasteiger partial charge in [0.15, 0.2) is 0 Å². The van der Waals surface area contributed by atoms with E-state index in [1.54, 1.807) is 11.8 Å². The fourth-order valence-electron chi connectivity index (χ4n) is 3.57. The second-order valence-electron chi connectivity index (χ2n) is 6.58. The largest absolute Gasteiger partial charge is 0.465 e. The minimum absolute atomic E-state index is 0.210. The molecule has 0 aliphatic carbocycles. The zero-order chi connectivity index (χ0) is 17.9. The SMILES string of the molecule is CCOC(=O)C1(N)CC2COCC(C1)N2C(=O)OCc1ccccc1. The first kappa shape index (κ1) is 17.7. The van der Waals surface area contributed by atoms with E-state index in [4.69, 9.17) is 19.9 Å². The number of amides is 1. The number of nitrogens with zero attached hydrogens (tertiary/aromatic N) is 1. The lowest BCUT2D eigenvalue weighted by molar-refractivity contribution is -0.158. The molecule has 2 saturated heterocycles. The van der Waals surface area contributed by atoms with Gasteiger partial charge in [0.05, 0.1) is 31.9 Å². The van der Waals surface area contributed by atoms with Gasteiger partial charge in [-0.15, -0.1) is 0 Å². The van der Waals surface area contributed by atoms with Crippen molar-refractivity contribution < 1.29 is 23.8 Å². The Hall–Kier alpha value is -2.12. The van der Waals surface area contributed by atoms with Crippen LogP contribution in [0.2, 0.25) is 0 Å². The van der Waals surface area contributed by atoms with Gasteiger partial charge in [-0.25, -0.2) is 4.79 Å². The molecule has 25 heavy (non-hydrogen) atoms. The van der Waals surface area contributed by atoms with E-state index in [0.29, 0.717) is 26.1 Å². The number of esters is 1. The summed E-state index contributed by atoms with van der Waals surface area (Å²) < 4.78 is 16.1. The van der Waals surface area contributed by atoms with Crippen LogP contribution in [-0.2, 0) is 25.6 Å². The number of carbonyl (C=O) groups is 2. The molecule has 0 radical (unpaired) electrons. The maximum atomic E-state index is 12.6. The van der Waals surface area contributed by atoms with Gasteiger partial charge in [0.25, 0.3) is 0 Å². The van der Waals surface area contributed by atoms with Crippen molar-refractivity contribution in [3.05, 3.63) is 35.9 Å². The van der Waals surface area contributed by atoms with Gasteiger partial charge >= 0.3 is 12.1 Å². The highest BCUT2D eigenvalue weighted by atomic mass is 16.6. The molecule has 1 aromatic carbocycles. The van der Waals surface area contributed by atoms with Crippen LogP contribution in [0.15, 0.2) is 30.3 Å². The molecule has 136 valence electrons. The molecular weight excluding hydrogens is 324 g/mol. The van der Waals surface area contributed by atoms with E-state index in [2.05, 4.69) is 0 Å². The van der Waals surface area contributed by atoms with Crippen molar-refractivity contribution in [3.63, 3.8) is 0 Å². The Balaban J connectivity index is 1.66. The molecule has 1 amide bonds. The van der Waals surface area contributed by atoms with Crippen molar-refractivity contribution in [2.24, 2.45) is 5.73 Å². The Labute approximate surface area is 147 Å². The summed E-state index contributed by atoms with van der Waals surface area (Å²) in [5, 5.41) is 0. The number of ether oxygens (including phenoxy) is 3. The normalized spacial score (nSPS) is 28.3. The molecule has 2 atom stereocenters. The molecule has 2 bridgehead atoms. The van der Waals surface area contributed by atoms with E-state index in [9.17, 15) is 9.59 Å². The minimum atomic E-state index is -1.08. The second-order valence-corrected chi connectivity index (χ2v) is 6.58. The zero-order valence-electron chi connectivity index (χ0n) is 14.3. The molecule has 2 N–H and O–H groups in total. The van der Waals surface area contributed by atoms with Crippen LogP contribution < -0.4 is 5.73 Å². The molecule has 2 fully saturated rings. The summed E-state index contributed by atoms with van der Waals surface area (Å²) in [7, 11) is 0. The first-order valence-corrected chi connectivity index (χ1v) is 8.56. The summed E-state index contributed by atoms with van der Waals surface area (Å²) in [4.78, 5) is 26.5. The maximum Gasteiger partial charge on any atom is 0.410 e. The van der Waals surface area contributed by atoms with Gasteiger partial charge in [-0.1, -0.05) is 30.3 Å². The topological polar surface area (TPSA) is 91.1 Å². The smallest absolute Gasteiger partial charge is 0.410 e. The number of carbonyl (C=O) groups excluding carboxylic acids is 2. The standard InChI is InChI=1S/C18H24N2O5/c1-2-24-16(21)18(19)8-14-11-23-12-15(9-18)20(14)17(22)25-10-13-6-4-3-5-7-13/h3-7,14-15H,2,8-12,19H2,1H3. The summed E-state index contributed by atoms with van der Waals surface area (Å²) in [6, 6.07) is 8.94. The Morgan fingerprint density at radius 2 is 1.84 bits per heavy atom. The van der Waals surface area contributed by atoms with Crippen molar-refractivity contribution >= 4 is 12.1 Å². The van der Waals surface area contributed by atoms with Gasteiger partial charge in [0.2, 0.25) is 0 Å². The van der Waals surface area contributed by atoms with Gasteiger partial charge < -0.3 is 19.9 Å². The summed E-state index contributed by atoms with van der Waals surface area (Å²) in [5.74, 6) is -0.413. The summed E-state index contributed by atoms with van der Waals surface area (Å²) in [5.41, 5.74) is 6.14. The van der Waals surface area contributed by atoms with E-state index in [-0.39, 0.29) is 25.3 Å². The van der Waals surface area contributed by atoms with Crippen molar-refractivity contribution in [1.82, 2.24) is 4.90 Å². The summed E-state index contributed by atoms with van der Waals surface area (Å²) in [6.07, 6.45) is 0.221. The predicted octanol–water partition coefficient (Wildman–Crippen LogP) is 1.45. The van der Waals surface area contributed by atoms with Gasteiger partial charge in [-0.3, -0.25) is 9.69 Å². The number of morpholine rings is 1. The van der Waals surface area contributed by atoms with Crippen molar-refractivity contribution in [3.8, 4) is 0 Å². The fraction of sp³-hybridized carbons (Fsp3) is 0.556. The molecule has 2 heterocycles. The predicted molar refractivity (Wildman–Crippen MR) is 89.6 cm³/mol. The van der Waals surface area contributed by atoms with E-state index in [1.165, 1.54) is 0 Å². The van der Waals surface area contributed by atoms with Crippen molar-refractivity contribution in [2.45, 2.75) is 44.0 Å². The van der Waals surface area contributed by atoms with Crippen LogP contribution in [0.5, 0.6) is 0 Å². The molecule has 7 heteroatoms. The average molecular weight is 348 g/mol. The number of hydrogen-bond donors (Lipinski definition) is 1.